The van der Waals surface area contributed by atoms with Gasteiger partial charge in [0.1, 0.15) is 5.75 Å². The Kier molecular flexibility index (Phi) is 15.2. The number of imidazole rings is 1. The molecule has 0 aliphatic heterocycles. The smallest absolute Gasteiger partial charge is 0.243 e. The summed E-state index contributed by atoms with van der Waals surface area (Å²) in [5, 5.41) is 7.33. The Bertz CT molecular complexity index is 1490. The fourth-order valence-corrected chi connectivity index (χ4v) is 7.37. The van der Waals surface area contributed by atoms with E-state index in [4.69, 9.17) is 19.6 Å². The van der Waals surface area contributed by atoms with E-state index in [1.54, 1.807) is 14.2 Å². The molecule has 0 fully saturated rings. The summed E-state index contributed by atoms with van der Waals surface area (Å²) in [4.78, 5) is 8.95. The van der Waals surface area contributed by atoms with Gasteiger partial charge in [-0.25, -0.2) is 9.50 Å². The number of fused-ring (bicyclic) bond motifs is 1. The van der Waals surface area contributed by atoms with E-state index >= 15 is 0 Å². The molecule has 7 heteroatoms. The molecule has 3 heterocycles. The van der Waals surface area contributed by atoms with Crippen molar-refractivity contribution in [1.82, 2.24) is 14.6 Å². The molecule has 6 nitrogen and oxygen atoms in total. The van der Waals surface area contributed by atoms with Crippen LogP contribution in [0.15, 0.2) is 36.4 Å². The van der Waals surface area contributed by atoms with E-state index in [9.17, 15) is 0 Å². The Balaban J connectivity index is 1.50. The Morgan fingerprint density at radius 2 is 1.41 bits per heavy atom. The van der Waals surface area contributed by atoms with Gasteiger partial charge >= 0.3 is 0 Å². The first-order valence-corrected chi connectivity index (χ1v) is 18.9. The highest BCUT2D eigenvalue weighted by Crippen LogP contribution is 2.38. The number of rotatable bonds is 23. The molecule has 4 aromatic rings. The highest BCUT2D eigenvalue weighted by molar-refractivity contribution is 7.16. The maximum absolute atomic E-state index is 5.81. The molecule has 0 spiro atoms. The van der Waals surface area contributed by atoms with Gasteiger partial charge in [0.15, 0.2) is 5.65 Å². The number of aryl methyl sites for hydroxylation is 1. The van der Waals surface area contributed by atoms with E-state index in [0.717, 1.165) is 59.5 Å². The predicted molar refractivity (Wildman–Crippen MR) is 197 cm³/mol. The monoisotopic (exact) mass is 646 g/mol. The maximum Gasteiger partial charge on any atom is 0.243 e. The largest absolute Gasteiger partial charge is 0.496 e. The number of nitrogens with zero attached hydrogens (tertiary/aromatic N) is 4. The van der Waals surface area contributed by atoms with Crippen molar-refractivity contribution >= 4 is 28.1 Å². The van der Waals surface area contributed by atoms with Crippen LogP contribution >= 0.6 is 11.3 Å². The van der Waals surface area contributed by atoms with Gasteiger partial charge in [0.05, 0.1) is 35.8 Å². The Hall–Kier alpha value is -3.06. The van der Waals surface area contributed by atoms with Crippen molar-refractivity contribution in [3.8, 4) is 22.8 Å². The Labute approximate surface area is 282 Å². The Morgan fingerprint density at radius 3 is 2.04 bits per heavy atom. The fourth-order valence-electron chi connectivity index (χ4n) is 6.33. The summed E-state index contributed by atoms with van der Waals surface area (Å²) in [6.45, 7) is 8.90. The number of aromatic nitrogens is 3. The third kappa shape index (κ3) is 9.73. The van der Waals surface area contributed by atoms with Gasteiger partial charge in [0.25, 0.3) is 0 Å². The average molecular weight is 647 g/mol. The zero-order chi connectivity index (χ0) is 32.6. The first-order chi connectivity index (χ1) is 22.6. The molecule has 0 unspecified atom stereocenters. The number of hydrogen-bond donors (Lipinski definition) is 0. The average Bonchev–Trinajstić information content (AvgIpc) is 3.78. The van der Waals surface area contributed by atoms with Gasteiger partial charge in [-0.1, -0.05) is 116 Å². The maximum atomic E-state index is 5.81. The van der Waals surface area contributed by atoms with E-state index in [0.29, 0.717) is 5.88 Å². The number of para-hydroxylation sites is 1. The van der Waals surface area contributed by atoms with Gasteiger partial charge in [-0.15, -0.1) is 16.4 Å². The normalized spacial score (nSPS) is 12.0. The number of benzene rings is 1. The molecule has 0 bridgehead atoms. The lowest BCUT2D eigenvalue weighted by Crippen LogP contribution is -2.22. The van der Waals surface area contributed by atoms with Crippen LogP contribution in [0.4, 0.5) is 5.00 Å². The molecule has 3 aromatic heterocycles. The summed E-state index contributed by atoms with van der Waals surface area (Å²) < 4.78 is 13.5. The van der Waals surface area contributed by atoms with Gasteiger partial charge in [-0.05, 0) is 50.5 Å². The minimum absolute atomic E-state index is 0.567. The van der Waals surface area contributed by atoms with Crippen molar-refractivity contribution in [3.05, 3.63) is 52.3 Å². The number of unbranched alkanes of at least 4 members (excludes halogenated alkanes) is 13. The summed E-state index contributed by atoms with van der Waals surface area (Å²) in [6.07, 6.45) is 23.2. The quantitative estimate of drug-likeness (QED) is 0.0751. The first kappa shape index (κ1) is 35.8. The van der Waals surface area contributed by atoms with Crippen molar-refractivity contribution < 1.29 is 9.47 Å². The first-order valence-electron chi connectivity index (χ1n) is 18.1. The predicted octanol–water partition coefficient (Wildman–Crippen LogP) is 10.3. The van der Waals surface area contributed by atoms with Gasteiger partial charge < -0.3 is 14.4 Å². The molecule has 0 amide bonds. The van der Waals surface area contributed by atoms with Crippen LogP contribution in [0.2, 0.25) is 0 Å². The molecule has 46 heavy (non-hydrogen) atoms. The molecular formula is C39H58N4O2S. The van der Waals surface area contributed by atoms with E-state index in [1.807, 2.05) is 34.1 Å². The van der Waals surface area contributed by atoms with Gasteiger partial charge in [0, 0.05) is 23.5 Å². The summed E-state index contributed by atoms with van der Waals surface area (Å²) in [5.74, 6) is 1.36. The van der Waals surface area contributed by atoms with Gasteiger partial charge in [0.2, 0.25) is 5.88 Å². The minimum Gasteiger partial charge on any atom is -0.496 e. The molecule has 1 aromatic carbocycles. The zero-order valence-electron chi connectivity index (χ0n) is 29.3. The van der Waals surface area contributed by atoms with Crippen molar-refractivity contribution in [1.29, 1.82) is 0 Å². The number of ether oxygens (including phenoxy) is 2. The highest BCUT2D eigenvalue weighted by atomic mass is 32.1. The molecule has 0 saturated heterocycles. The third-order valence-corrected chi connectivity index (χ3v) is 10.1. The SMILES string of the molecule is CCCCCCCCCCCCCCCc1nc2c(-c3ccccc3OC)c(OC)nn2c1=Cc1ccc(N(CC)CCCC)s1. The van der Waals surface area contributed by atoms with E-state index in [1.165, 1.54) is 99.8 Å². The number of hydrogen-bond acceptors (Lipinski definition) is 6. The second kappa shape index (κ2) is 19.6. The summed E-state index contributed by atoms with van der Waals surface area (Å²) in [6, 6.07) is 12.6. The van der Waals surface area contributed by atoms with Crippen LogP contribution in [0.1, 0.15) is 128 Å². The van der Waals surface area contributed by atoms with Crippen LogP contribution in [0, 0.1) is 0 Å². The topological polar surface area (TPSA) is 51.9 Å². The lowest BCUT2D eigenvalue weighted by Gasteiger charge is -2.20. The molecule has 0 aliphatic rings. The third-order valence-electron chi connectivity index (χ3n) is 9.05. The highest BCUT2D eigenvalue weighted by Gasteiger charge is 2.23. The zero-order valence-corrected chi connectivity index (χ0v) is 30.1. The van der Waals surface area contributed by atoms with Crippen molar-refractivity contribution in [3.63, 3.8) is 0 Å². The second-order valence-electron chi connectivity index (χ2n) is 12.5. The molecule has 0 N–H and O–H groups in total. The van der Waals surface area contributed by atoms with Crippen LogP contribution < -0.4 is 19.7 Å². The lowest BCUT2D eigenvalue weighted by atomic mass is 10.0. The van der Waals surface area contributed by atoms with Crippen LogP contribution in [0.5, 0.6) is 11.6 Å². The van der Waals surface area contributed by atoms with Crippen molar-refractivity contribution in [2.75, 3.05) is 32.2 Å². The lowest BCUT2D eigenvalue weighted by molar-refractivity contribution is 0.394. The molecule has 4 rings (SSSR count). The number of methoxy groups -OCH3 is 2. The van der Waals surface area contributed by atoms with Crippen molar-refractivity contribution in [2.24, 2.45) is 0 Å². The fraction of sp³-hybridized carbons (Fsp3) is 0.590. The molecule has 0 radical (unpaired) electrons. The van der Waals surface area contributed by atoms with Crippen LogP contribution in [-0.2, 0) is 6.42 Å². The molecule has 252 valence electrons. The van der Waals surface area contributed by atoms with E-state index in [-0.39, 0.29) is 0 Å². The van der Waals surface area contributed by atoms with Crippen LogP contribution in [-0.4, -0.2) is 41.9 Å². The number of thiophene rings is 1. The molecule has 0 aliphatic carbocycles. The Morgan fingerprint density at radius 1 is 0.761 bits per heavy atom. The van der Waals surface area contributed by atoms with Gasteiger partial charge in [-0.3, -0.25) is 0 Å². The molecule has 0 atom stereocenters. The molecular weight excluding hydrogens is 589 g/mol. The minimum atomic E-state index is 0.567. The van der Waals surface area contributed by atoms with Crippen LogP contribution in [0.3, 0.4) is 0 Å². The molecule has 0 saturated carbocycles. The second-order valence-corrected chi connectivity index (χ2v) is 13.6. The van der Waals surface area contributed by atoms with Gasteiger partial charge in [-0.2, -0.15) is 0 Å². The summed E-state index contributed by atoms with van der Waals surface area (Å²) >= 11 is 1.85. The van der Waals surface area contributed by atoms with E-state index < -0.39 is 0 Å². The number of anilines is 1. The standard InChI is InChI=1S/C39H58N4O2S/c1-6-9-11-12-13-14-15-16-17-18-19-20-21-25-33-34(30-31-27-28-36(46-31)42(8-3)29-10-7-2)43-38(40-33)37(39(41-43)45-5)32-24-22-23-26-35(32)44-4/h22-24,26-28,30H,6-21,25,29H2,1-5H3. The summed E-state index contributed by atoms with van der Waals surface area (Å²) in [5.41, 5.74) is 3.76. The van der Waals surface area contributed by atoms with Crippen LogP contribution in [0.25, 0.3) is 22.9 Å². The van der Waals surface area contributed by atoms with E-state index in [2.05, 4.69) is 49.9 Å². The van der Waals surface area contributed by atoms with Crippen molar-refractivity contribution in [2.45, 2.75) is 124 Å². The summed E-state index contributed by atoms with van der Waals surface area (Å²) in [7, 11) is 3.39.